The molecule has 3 amide bonds. The Hall–Kier alpha value is -3.22. The number of nitrogens with zero attached hydrogens (tertiary/aromatic N) is 4. The average molecular weight is 480 g/mol. The van der Waals surface area contributed by atoms with Gasteiger partial charge in [-0.15, -0.1) is 0 Å². The highest BCUT2D eigenvalue weighted by atomic mass is 16.6. The molecular formula is C21H33N7O6. The maximum atomic E-state index is 13.3. The zero-order valence-corrected chi connectivity index (χ0v) is 19.7. The number of carbonyl (C=O) groups excluding carboxylic acids is 3. The SMILES string of the molecule is CCOC(=O)N1CCC(NC(=O)C2(NC(=O)CCn3cc([N+](=O)[O-])nc3C)CCNCC2)CC1. The van der Waals surface area contributed by atoms with E-state index >= 15 is 0 Å². The third-order valence-electron chi connectivity index (χ3n) is 6.36. The smallest absolute Gasteiger partial charge is 0.409 e. The van der Waals surface area contributed by atoms with Crippen LogP contribution in [0.5, 0.6) is 0 Å². The van der Waals surface area contributed by atoms with Crippen molar-refractivity contribution in [3.05, 3.63) is 22.1 Å². The van der Waals surface area contributed by atoms with Gasteiger partial charge >= 0.3 is 11.9 Å². The van der Waals surface area contributed by atoms with Crippen molar-refractivity contribution < 1.29 is 24.0 Å². The number of hydrogen-bond donors (Lipinski definition) is 3. The highest BCUT2D eigenvalue weighted by Gasteiger charge is 2.42. The molecule has 1 aromatic heterocycles. The monoisotopic (exact) mass is 479 g/mol. The summed E-state index contributed by atoms with van der Waals surface area (Å²) in [6.07, 6.45) is 3.18. The molecule has 2 aliphatic heterocycles. The third-order valence-corrected chi connectivity index (χ3v) is 6.36. The zero-order chi connectivity index (χ0) is 24.7. The Balaban J connectivity index is 1.56. The van der Waals surface area contributed by atoms with Crippen LogP contribution in [0.1, 0.15) is 44.9 Å². The molecule has 0 unspecified atom stereocenters. The number of imidazole rings is 1. The number of aryl methyl sites for hydroxylation is 2. The number of ether oxygens (including phenoxy) is 1. The Morgan fingerprint density at radius 1 is 1.29 bits per heavy atom. The number of hydrogen-bond acceptors (Lipinski definition) is 8. The molecule has 0 aromatic carbocycles. The molecule has 2 fully saturated rings. The zero-order valence-electron chi connectivity index (χ0n) is 19.7. The number of amides is 3. The molecule has 3 N–H and O–H groups in total. The standard InChI is InChI=1S/C21H33N7O6/c1-3-34-20(31)26-11-4-16(5-12-26)24-19(30)21(7-9-22-10-8-21)25-18(29)6-13-27-14-17(28(32)33)23-15(27)2/h14,16,22H,3-13H2,1-2H3,(H,24,30)(H,25,29). The minimum absolute atomic E-state index is 0.0642. The van der Waals surface area contributed by atoms with Crippen molar-refractivity contribution in [2.45, 2.75) is 64.1 Å². The highest BCUT2D eigenvalue weighted by molar-refractivity contribution is 5.91. The quantitative estimate of drug-likeness (QED) is 0.358. The minimum Gasteiger partial charge on any atom is -0.450 e. The largest absolute Gasteiger partial charge is 0.450 e. The van der Waals surface area contributed by atoms with E-state index in [1.165, 1.54) is 6.20 Å². The van der Waals surface area contributed by atoms with Crippen molar-refractivity contribution >= 4 is 23.7 Å². The molecule has 0 aliphatic carbocycles. The normalized spacial score (nSPS) is 18.2. The fourth-order valence-electron chi connectivity index (χ4n) is 4.36. The Kier molecular flexibility index (Phi) is 8.42. The number of nitrogens with one attached hydrogen (secondary N) is 3. The van der Waals surface area contributed by atoms with E-state index in [4.69, 9.17) is 4.74 Å². The summed E-state index contributed by atoms with van der Waals surface area (Å²) in [6.45, 7) is 6.15. The lowest BCUT2D eigenvalue weighted by Crippen LogP contribution is -2.64. The second-order valence-corrected chi connectivity index (χ2v) is 8.66. The molecule has 0 radical (unpaired) electrons. The molecule has 2 saturated heterocycles. The Bertz CT molecular complexity index is 903. The average Bonchev–Trinajstić information content (AvgIpc) is 3.20. The number of likely N-dealkylation sites (tertiary alicyclic amines) is 1. The first kappa shape index (κ1) is 25.4. The molecule has 0 spiro atoms. The van der Waals surface area contributed by atoms with Crippen LogP contribution in [0.4, 0.5) is 10.6 Å². The number of rotatable bonds is 8. The van der Waals surface area contributed by atoms with Crippen LogP contribution in [-0.4, -0.2) is 81.6 Å². The number of piperidine rings is 2. The van der Waals surface area contributed by atoms with Crippen LogP contribution in [0, 0.1) is 17.0 Å². The van der Waals surface area contributed by atoms with E-state index in [0.717, 1.165) is 0 Å². The van der Waals surface area contributed by atoms with E-state index in [2.05, 4.69) is 20.9 Å². The summed E-state index contributed by atoms with van der Waals surface area (Å²) < 4.78 is 6.59. The van der Waals surface area contributed by atoms with Crippen LogP contribution in [-0.2, 0) is 20.9 Å². The van der Waals surface area contributed by atoms with E-state index in [1.54, 1.807) is 23.3 Å². The van der Waals surface area contributed by atoms with Gasteiger partial charge in [0.1, 0.15) is 11.7 Å². The van der Waals surface area contributed by atoms with Gasteiger partial charge in [-0.25, -0.2) is 4.79 Å². The lowest BCUT2D eigenvalue weighted by Gasteiger charge is -2.39. The molecule has 0 bridgehead atoms. The second-order valence-electron chi connectivity index (χ2n) is 8.66. The summed E-state index contributed by atoms with van der Waals surface area (Å²) in [7, 11) is 0. The van der Waals surface area contributed by atoms with E-state index in [-0.39, 0.29) is 42.7 Å². The lowest BCUT2D eigenvalue weighted by molar-refractivity contribution is -0.389. The van der Waals surface area contributed by atoms with Crippen LogP contribution in [0.25, 0.3) is 0 Å². The van der Waals surface area contributed by atoms with E-state index in [1.807, 2.05) is 0 Å². The van der Waals surface area contributed by atoms with Crippen LogP contribution >= 0.6 is 0 Å². The van der Waals surface area contributed by atoms with Gasteiger partial charge in [0.2, 0.25) is 17.6 Å². The molecule has 188 valence electrons. The van der Waals surface area contributed by atoms with Gasteiger partial charge in [0.05, 0.1) is 6.61 Å². The van der Waals surface area contributed by atoms with Crippen molar-refractivity contribution in [1.82, 2.24) is 30.4 Å². The third kappa shape index (κ3) is 6.22. The van der Waals surface area contributed by atoms with Gasteiger partial charge in [0, 0.05) is 39.0 Å². The lowest BCUT2D eigenvalue weighted by atomic mass is 9.86. The van der Waals surface area contributed by atoms with Crippen LogP contribution in [0.15, 0.2) is 6.20 Å². The summed E-state index contributed by atoms with van der Waals surface area (Å²) >= 11 is 0. The highest BCUT2D eigenvalue weighted by Crippen LogP contribution is 2.21. The minimum atomic E-state index is -1.02. The number of carbonyl (C=O) groups is 3. The molecule has 1 aromatic rings. The summed E-state index contributed by atoms with van der Waals surface area (Å²) in [6, 6.07) is -0.0870. The van der Waals surface area contributed by atoms with E-state index in [0.29, 0.717) is 64.3 Å². The van der Waals surface area contributed by atoms with Crippen molar-refractivity contribution in [2.75, 3.05) is 32.8 Å². The molecule has 13 heteroatoms. The fourth-order valence-corrected chi connectivity index (χ4v) is 4.36. The topological polar surface area (TPSA) is 161 Å². The maximum Gasteiger partial charge on any atom is 0.409 e. The molecule has 2 aliphatic rings. The molecule has 3 heterocycles. The van der Waals surface area contributed by atoms with Gasteiger partial charge in [-0.1, -0.05) is 0 Å². The van der Waals surface area contributed by atoms with Crippen LogP contribution in [0.2, 0.25) is 0 Å². The van der Waals surface area contributed by atoms with Crippen molar-refractivity contribution in [1.29, 1.82) is 0 Å². The van der Waals surface area contributed by atoms with E-state index in [9.17, 15) is 24.5 Å². The predicted octanol–water partition coefficient (Wildman–Crippen LogP) is 0.465. The van der Waals surface area contributed by atoms with E-state index < -0.39 is 10.5 Å². The first-order valence-corrected chi connectivity index (χ1v) is 11.7. The number of aromatic nitrogens is 2. The van der Waals surface area contributed by atoms with Crippen LogP contribution < -0.4 is 16.0 Å². The van der Waals surface area contributed by atoms with Crippen molar-refractivity contribution in [3.8, 4) is 0 Å². The van der Waals surface area contributed by atoms with Gasteiger partial charge in [-0.2, -0.15) is 0 Å². The molecule has 0 saturated carbocycles. The summed E-state index contributed by atoms with van der Waals surface area (Å²) in [5.74, 6) is -0.333. The molecule has 34 heavy (non-hydrogen) atoms. The predicted molar refractivity (Wildman–Crippen MR) is 121 cm³/mol. The molecule has 3 rings (SSSR count). The Morgan fingerprint density at radius 3 is 2.56 bits per heavy atom. The maximum absolute atomic E-state index is 13.3. The van der Waals surface area contributed by atoms with Gasteiger partial charge < -0.3 is 40.3 Å². The van der Waals surface area contributed by atoms with Gasteiger partial charge in [0.25, 0.3) is 0 Å². The van der Waals surface area contributed by atoms with Gasteiger partial charge in [0.15, 0.2) is 0 Å². The van der Waals surface area contributed by atoms with Crippen molar-refractivity contribution in [2.24, 2.45) is 0 Å². The van der Waals surface area contributed by atoms with Crippen LogP contribution in [0.3, 0.4) is 0 Å². The van der Waals surface area contributed by atoms with Gasteiger partial charge in [-0.05, 0) is 55.6 Å². The fraction of sp³-hybridized carbons (Fsp3) is 0.714. The molecule has 0 atom stereocenters. The molecule has 13 nitrogen and oxygen atoms in total. The van der Waals surface area contributed by atoms with Gasteiger partial charge in [-0.3, -0.25) is 9.59 Å². The molecular weight excluding hydrogens is 446 g/mol. The summed E-state index contributed by atoms with van der Waals surface area (Å²) in [5, 5.41) is 20.1. The number of nitro groups is 1. The first-order valence-electron chi connectivity index (χ1n) is 11.7. The Labute approximate surface area is 197 Å². The first-order chi connectivity index (χ1) is 16.2. The van der Waals surface area contributed by atoms with Crippen molar-refractivity contribution in [3.63, 3.8) is 0 Å². The summed E-state index contributed by atoms with van der Waals surface area (Å²) in [4.78, 5) is 53.8. The summed E-state index contributed by atoms with van der Waals surface area (Å²) in [5.41, 5.74) is -1.02. The second kappa shape index (κ2) is 11.3. The Morgan fingerprint density at radius 2 is 1.97 bits per heavy atom.